The van der Waals surface area contributed by atoms with Crippen molar-refractivity contribution < 1.29 is 10.0 Å². The Bertz CT molecular complexity index is 636. The molecule has 0 unspecified atom stereocenters. The third kappa shape index (κ3) is 2.36. The number of likely N-dealkylation sites (tertiary alicyclic amines) is 1. The maximum absolute atomic E-state index is 11.0. The number of nitroso groups, excluding NO2 is 1. The Morgan fingerprint density at radius 2 is 2.10 bits per heavy atom. The van der Waals surface area contributed by atoms with E-state index in [-0.39, 0.29) is 5.75 Å². The van der Waals surface area contributed by atoms with E-state index in [1.807, 2.05) is 0 Å². The number of aromatic nitrogens is 1. The number of rotatable bonds is 3. The van der Waals surface area contributed by atoms with E-state index in [0.29, 0.717) is 16.6 Å². The van der Waals surface area contributed by atoms with E-state index in [1.165, 1.54) is 24.2 Å². The van der Waals surface area contributed by atoms with Crippen LogP contribution < -0.4 is 4.90 Å². The van der Waals surface area contributed by atoms with Crippen LogP contribution in [0.4, 0.5) is 5.69 Å². The van der Waals surface area contributed by atoms with Crippen LogP contribution in [0.2, 0.25) is 0 Å². The quantitative estimate of drug-likeness (QED) is 0.839. The number of fused-ring (bicyclic) bond motifs is 1. The second kappa shape index (κ2) is 5.54. The van der Waals surface area contributed by atoms with Crippen molar-refractivity contribution in [2.45, 2.75) is 25.8 Å². The van der Waals surface area contributed by atoms with Gasteiger partial charge in [0.05, 0.1) is 18.7 Å². The summed E-state index contributed by atoms with van der Waals surface area (Å²) < 4.78 is 0. The zero-order valence-electron chi connectivity index (χ0n) is 11.3. The molecule has 0 aliphatic carbocycles. The summed E-state index contributed by atoms with van der Waals surface area (Å²) in [6.45, 7) is 2.95. The Morgan fingerprint density at radius 1 is 1.30 bits per heavy atom. The van der Waals surface area contributed by atoms with Crippen LogP contribution in [-0.4, -0.2) is 23.2 Å². The van der Waals surface area contributed by atoms with E-state index in [9.17, 15) is 10.0 Å². The van der Waals surface area contributed by atoms with Crippen molar-refractivity contribution in [1.29, 1.82) is 0 Å². The zero-order chi connectivity index (χ0) is 13.9. The standard InChI is InChI=1S/C15H17N3O2/c19-15-11(10-18-7-2-1-3-8-18)9-13(17-20)12-5-4-6-16-14(12)15/h4-6,9,19H,1-3,7-8,10H2/p+1. The minimum atomic E-state index is 0.186. The molecular formula is C15H18N3O2+. The molecule has 20 heavy (non-hydrogen) atoms. The van der Waals surface area contributed by atoms with Gasteiger partial charge < -0.3 is 10.0 Å². The third-order valence-electron chi connectivity index (χ3n) is 4.02. The third-order valence-corrected chi connectivity index (χ3v) is 4.02. The van der Waals surface area contributed by atoms with Gasteiger partial charge in [0.1, 0.15) is 17.7 Å². The SMILES string of the molecule is O=Nc1cc(C[NH+]2CCCCC2)c(O)c2ncccc12. The fourth-order valence-corrected chi connectivity index (χ4v) is 2.97. The number of piperidine rings is 1. The number of nitrogens with zero attached hydrogens (tertiary/aromatic N) is 2. The first-order chi connectivity index (χ1) is 9.79. The van der Waals surface area contributed by atoms with Gasteiger partial charge in [0.25, 0.3) is 0 Å². The predicted molar refractivity (Wildman–Crippen MR) is 77.1 cm³/mol. The van der Waals surface area contributed by atoms with Gasteiger partial charge in [0, 0.05) is 11.6 Å². The number of benzene rings is 1. The van der Waals surface area contributed by atoms with Crippen molar-refractivity contribution in [1.82, 2.24) is 4.98 Å². The van der Waals surface area contributed by atoms with Gasteiger partial charge in [-0.05, 0) is 42.6 Å². The van der Waals surface area contributed by atoms with Crippen molar-refractivity contribution in [3.05, 3.63) is 34.9 Å². The summed E-state index contributed by atoms with van der Waals surface area (Å²) in [7, 11) is 0. The molecule has 0 bridgehead atoms. The molecule has 1 aliphatic heterocycles. The first-order valence-electron chi connectivity index (χ1n) is 7.06. The van der Waals surface area contributed by atoms with Crippen LogP contribution in [-0.2, 0) is 6.54 Å². The second-order valence-electron chi connectivity index (χ2n) is 5.38. The van der Waals surface area contributed by atoms with Gasteiger partial charge in [-0.2, -0.15) is 0 Å². The van der Waals surface area contributed by atoms with Gasteiger partial charge in [0.2, 0.25) is 0 Å². The maximum Gasteiger partial charge on any atom is 0.150 e. The molecule has 5 nitrogen and oxygen atoms in total. The first-order valence-corrected chi connectivity index (χ1v) is 7.06. The summed E-state index contributed by atoms with van der Waals surface area (Å²) in [5, 5.41) is 14.1. The van der Waals surface area contributed by atoms with E-state index < -0.39 is 0 Å². The second-order valence-corrected chi connectivity index (χ2v) is 5.38. The molecule has 2 N–H and O–H groups in total. The first kappa shape index (κ1) is 13.0. The predicted octanol–water partition coefficient (Wildman–Crippen LogP) is 1.91. The van der Waals surface area contributed by atoms with Gasteiger partial charge in [-0.3, -0.25) is 4.98 Å². The molecule has 2 aromatic rings. The Kier molecular flexibility index (Phi) is 3.60. The normalized spacial score (nSPS) is 16.4. The summed E-state index contributed by atoms with van der Waals surface area (Å²) >= 11 is 0. The van der Waals surface area contributed by atoms with Crippen molar-refractivity contribution in [3.8, 4) is 5.75 Å². The molecular weight excluding hydrogens is 254 g/mol. The highest BCUT2D eigenvalue weighted by atomic mass is 16.3. The molecule has 0 amide bonds. The average Bonchev–Trinajstić information content (AvgIpc) is 2.51. The van der Waals surface area contributed by atoms with Crippen molar-refractivity contribution in [2.24, 2.45) is 5.18 Å². The molecule has 1 aromatic carbocycles. The number of hydrogen-bond acceptors (Lipinski definition) is 4. The molecule has 2 heterocycles. The van der Waals surface area contributed by atoms with Gasteiger partial charge in [-0.1, -0.05) is 0 Å². The monoisotopic (exact) mass is 272 g/mol. The van der Waals surface area contributed by atoms with Crippen molar-refractivity contribution >= 4 is 16.6 Å². The molecule has 3 rings (SSSR count). The number of pyridine rings is 1. The lowest BCUT2D eigenvalue weighted by Gasteiger charge is -2.24. The Hall–Kier alpha value is -2.01. The van der Waals surface area contributed by atoms with Gasteiger partial charge >= 0.3 is 0 Å². The smallest absolute Gasteiger partial charge is 0.150 e. The van der Waals surface area contributed by atoms with Crippen LogP contribution in [0.15, 0.2) is 29.6 Å². The fourth-order valence-electron chi connectivity index (χ4n) is 2.97. The van der Waals surface area contributed by atoms with Gasteiger partial charge in [-0.25, -0.2) is 0 Å². The van der Waals surface area contributed by atoms with E-state index in [1.54, 1.807) is 24.4 Å². The minimum absolute atomic E-state index is 0.186. The summed E-state index contributed by atoms with van der Waals surface area (Å²) in [4.78, 5) is 16.6. The van der Waals surface area contributed by atoms with Crippen molar-refractivity contribution in [3.63, 3.8) is 0 Å². The fraction of sp³-hybridized carbons (Fsp3) is 0.400. The molecule has 1 aliphatic rings. The molecule has 0 spiro atoms. The van der Waals surface area contributed by atoms with Crippen LogP contribution in [0.1, 0.15) is 24.8 Å². The van der Waals surface area contributed by atoms with Crippen LogP contribution in [0.5, 0.6) is 5.75 Å². The summed E-state index contributed by atoms with van der Waals surface area (Å²) in [5.74, 6) is 0.186. The maximum atomic E-state index is 11.0. The minimum Gasteiger partial charge on any atom is -0.505 e. The van der Waals surface area contributed by atoms with Crippen LogP contribution in [0, 0.1) is 4.91 Å². The lowest BCUT2D eigenvalue weighted by Crippen LogP contribution is -3.11. The lowest BCUT2D eigenvalue weighted by molar-refractivity contribution is -0.918. The number of phenolic OH excluding ortho intramolecular Hbond substituents is 1. The summed E-state index contributed by atoms with van der Waals surface area (Å²) in [5.41, 5.74) is 1.59. The van der Waals surface area contributed by atoms with Gasteiger partial charge in [0.15, 0.2) is 5.75 Å². The van der Waals surface area contributed by atoms with Crippen LogP contribution in [0.3, 0.4) is 0 Å². The van der Waals surface area contributed by atoms with Crippen molar-refractivity contribution in [2.75, 3.05) is 13.1 Å². The topological polar surface area (TPSA) is 67.0 Å². The highest BCUT2D eigenvalue weighted by Gasteiger charge is 2.19. The van der Waals surface area contributed by atoms with E-state index in [4.69, 9.17) is 0 Å². The lowest BCUT2D eigenvalue weighted by atomic mass is 10.1. The number of hydrogen-bond donors (Lipinski definition) is 2. The molecule has 0 radical (unpaired) electrons. The largest absolute Gasteiger partial charge is 0.505 e. The molecule has 0 atom stereocenters. The molecule has 1 fully saturated rings. The Labute approximate surface area is 117 Å². The molecule has 1 aromatic heterocycles. The van der Waals surface area contributed by atoms with E-state index >= 15 is 0 Å². The Balaban J connectivity index is 2.01. The highest BCUT2D eigenvalue weighted by Crippen LogP contribution is 2.34. The Morgan fingerprint density at radius 3 is 2.85 bits per heavy atom. The van der Waals surface area contributed by atoms with E-state index in [2.05, 4.69) is 10.2 Å². The number of quaternary nitrogens is 1. The zero-order valence-corrected chi connectivity index (χ0v) is 11.3. The summed E-state index contributed by atoms with van der Waals surface area (Å²) in [6.07, 6.45) is 5.35. The number of phenols is 1. The van der Waals surface area contributed by atoms with E-state index in [0.717, 1.165) is 25.2 Å². The molecule has 5 heteroatoms. The average molecular weight is 272 g/mol. The highest BCUT2D eigenvalue weighted by molar-refractivity contribution is 5.94. The molecule has 1 saturated heterocycles. The van der Waals surface area contributed by atoms with Gasteiger partial charge in [-0.15, -0.1) is 4.91 Å². The molecule has 0 saturated carbocycles. The summed E-state index contributed by atoms with van der Waals surface area (Å²) in [6, 6.07) is 5.20. The number of aromatic hydroxyl groups is 1. The number of nitrogens with one attached hydrogen (secondary N) is 1. The van der Waals surface area contributed by atoms with Crippen LogP contribution >= 0.6 is 0 Å². The van der Waals surface area contributed by atoms with Crippen LogP contribution in [0.25, 0.3) is 10.9 Å². The molecule has 104 valence electrons.